The molecule has 1 rings (SSSR count). The lowest BCUT2D eigenvalue weighted by molar-refractivity contribution is -0.118. The standard InChI is InChI=1S/C17H28N2O2/c1-13(2)12-21-16-9-7-15(8-10-16)14(3)19-11-5-4-6-17(18)20/h7-10,13-14,19H,4-6,11-12H2,1-3H3,(H2,18,20). The normalized spacial score (nSPS) is 12.4. The predicted octanol–water partition coefficient (Wildman–Crippen LogP) is 3.03. The summed E-state index contributed by atoms with van der Waals surface area (Å²) in [6.45, 7) is 8.04. The van der Waals surface area contributed by atoms with E-state index < -0.39 is 0 Å². The maximum absolute atomic E-state index is 10.6. The summed E-state index contributed by atoms with van der Waals surface area (Å²) in [5.41, 5.74) is 6.35. The smallest absolute Gasteiger partial charge is 0.217 e. The molecule has 3 N–H and O–H groups in total. The first-order valence-electron chi connectivity index (χ1n) is 7.73. The molecule has 0 saturated carbocycles. The average molecular weight is 292 g/mol. The fourth-order valence-electron chi connectivity index (χ4n) is 1.98. The highest BCUT2D eigenvalue weighted by atomic mass is 16.5. The molecule has 1 amide bonds. The first-order valence-corrected chi connectivity index (χ1v) is 7.73. The molecule has 0 aliphatic rings. The minimum Gasteiger partial charge on any atom is -0.493 e. The van der Waals surface area contributed by atoms with Gasteiger partial charge in [0, 0.05) is 12.5 Å². The summed E-state index contributed by atoms with van der Waals surface area (Å²) in [4.78, 5) is 10.6. The molecule has 0 aliphatic carbocycles. The summed E-state index contributed by atoms with van der Waals surface area (Å²) in [5.74, 6) is 1.23. The van der Waals surface area contributed by atoms with Gasteiger partial charge in [0.25, 0.3) is 0 Å². The van der Waals surface area contributed by atoms with Crippen LogP contribution >= 0.6 is 0 Å². The van der Waals surface area contributed by atoms with E-state index >= 15 is 0 Å². The molecule has 4 nitrogen and oxygen atoms in total. The van der Waals surface area contributed by atoms with Gasteiger partial charge in [-0.3, -0.25) is 4.79 Å². The number of ether oxygens (including phenoxy) is 1. The summed E-state index contributed by atoms with van der Waals surface area (Å²) in [6.07, 6.45) is 2.28. The zero-order valence-corrected chi connectivity index (χ0v) is 13.4. The molecular formula is C17H28N2O2. The summed E-state index contributed by atoms with van der Waals surface area (Å²) in [6, 6.07) is 8.51. The van der Waals surface area contributed by atoms with Crippen molar-refractivity contribution in [3.05, 3.63) is 29.8 Å². The molecule has 0 radical (unpaired) electrons. The van der Waals surface area contributed by atoms with Crippen LogP contribution in [0.15, 0.2) is 24.3 Å². The Hall–Kier alpha value is -1.55. The fraction of sp³-hybridized carbons (Fsp3) is 0.588. The van der Waals surface area contributed by atoms with Crippen LogP contribution in [0.5, 0.6) is 5.75 Å². The third-order valence-corrected chi connectivity index (χ3v) is 3.26. The Morgan fingerprint density at radius 3 is 2.43 bits per heavy atom. The van der Waals surface area contributed by atoms with Crippen molar-refractivity contribution in [2.45, 2.75) is 46.1 Å². The predicted molar refractivity (Wildman–Crippen MR) is 86.2 cm³/mol. The number of primary amides is 1. The summed E-state index contributed by atoms with van der Waals surface area (Å²) in [5, 5.41) is 3.45. The number of benzene rings is 1. The van der Waals surface area contributed by atoms with Gasteiger partial charge in [-0.2, -0.15) is 0 Å². The van der Waals surface area contributed by atoms with Crippen molar-refractivity contribution in [2.24, 2.45) is 11.7 Å². The Balaban J connectivity index is 2.30. The molecule has 0 spiro atoms. The van der Waals surface area contributed by atoms with E-state index in [0.29, 0.717) is 12.3 Å². The molecule has 0 saturated heterocycles. The number of carbonyl (C=O) groups is 1. The van der Waals surface area contributed by atoms with Gasteiger partial charge < -0.3 is 15.8 Å². The number of amides is 1. The van der Waals surface area contributed by atoms with Crippen LogP contribution in [0.3, 0.4) is 0 Å². The monoisotopic (exact) mass is 292 g/mol. The number of unbranched alkanes of at least 4 members (excludes halogenated alkanes) is 1. The van der Waals surface area contributed by atoms with Crippen molar-refractivity contribution in [3.63, 3.8) is 0 Å². The van der Waals surface area contributed by atoms with Crippen LogP contribution < -0.4 is 15.8 Å². The Kier molecular flexibility index (Phi) is 7.83. The average Bonchev–Trinajstić information content (AvgIpc) is 2.44. The second-order valence-corrected chi connectivity index (χ2v) is 5.87. The highest BCUT2D eigenvalue weighted by molar-refractivity contribution is 5.73. The van der Waals surface area contributed by atoms with Gasteiger partial charge in [-0.05, 0) is 49.9 Å². The lowest BCUT2D eigenvalue weighted by atomic mass is 10.1. The number of carbonyl (C=O) groups excluding carboxylic acids is 1. The van der Waals surface area contributed by atoms with Crippen molar-refractivity contribution in [1.82, 2.24) is 5.32 Å². The van der Waals surface area contributed by atoms with Crippen molar-refractivity contribution < 1.29 is 9.53 Å². The van der Waals surface area contributed by atoms with Crippen LogP contribution in [0, 0.1) is 5.92 Å². The molecule has 1 aromatic rings. The van der Waals surface area contributed by atoms with Crippen molar-refractivity contribution in [2.75, 3.05) is 13.2 Å². The van der Waals surface area contributed by atoms with Crippen LogP contribution in [0.2, 0.25) is 0 Å². The second-order valence-electron chi connectivity index (χ2n) is 5.87. The van der Waals surface area contributed by atoms with E-state index in [1.54, 1.807) is 0 Å². The van der Waals surface area contributed by atoms with E-state index in [4.69, 9.17) is 10.5 Å². The van der Waals surface area contributed by atoms with Gasteiger partial charge in [0.2, 0.25) is 5.91 Å². The van der Waals surface area contributed by atoms with E-state index in [-0.39, 0.29) is 11.9 Å². The molecule has 0 fully saturated rings. The molecule has 1 unspecified atom stereocenters. The first kappa shape index (κ1) is 17.5. The Bertz CT molecular complexity index is 415. The summed E-state index contributed by atoms with van der Waals surface area (Å²) < 4.78 is 5.67. The van der Waals surface area contributed by atoms with Gasteiger partial charge in [0.15, 0.2) is 0 Å². The highest BCUT2D eigenvalue weighted by Crippen LogP contribution is 2.18. The van der Waals surface area contributed by atoms with Gasteiger partial charge in [-0.25, -0.2) is 0 Å². The number of nitrogens with one attached hydrogen (secondary N) is 1. The molecule has 1 atom stereocenters. The van der Waals surface area contributed by atoms with Gasteiger partial charge in [0.1, 0.15) is 5.75 Å². The number of hydrogen-bond acceptors (Lipinski definition) is 3. The zero-order valence-electron chi connectivity index (χ0n) is 13.4. The van der Waals surface area contributed by atoms with Crippen LogP contribution in [0.1, 0.15) is 51.6 Å². The third kappa shape index (κ3) is 7.71. The molecule has 0 heterocycles. The van der Waals surface area contributed by atoms with Gasteiger partial charge >= 0.3 is 0 Å². The molecule has 0 aromatic heterocycles. The molecule has 0 bridgehead atoms. The number of nitrogens with two attached hydrogens (primary N) is 1. The van der Waals surface area contributed by atoms with Gasteiger partial charge in [-0.1, -0.05) is 26.0 Å². The van der Waals surface area contributed by atoms with E-state index in [9.17, 15) is 4.79 Å². The SMILES string of the molecule is CC(C)COc1ccc(C(C)NCCCCC(N)=O)cc1. The lowest BCUT2D eigenvalue weighted by Gasteiger charge is -2.15. The molecular weight excluding hydrogens is 264 g/mol. The topological polar surface area (TPSA) is 64.3 Å². The van der Waals surface area contributed by atoms with Crippen LogP contribution in [0.4, 0.5) is 0 Å². The number of rotatable bonds is 10. The maximum atomic E-state index is 10.6. The van der Waals surface area contributed by atoms with Crippen LogP contribution in [-0.4, -0.2) is 19.1 Å². The molecule has 118 valence electrons. The number of hydrogen-bond donors (Lipinski definition) is 2. The van der Waals surface area contributed by atoms with E-state index in [1.165, 1.54) is 5.56 Å². The second kappa shape index (κ2) is 9.40. The molecule has 21 heavy (non-hydrogen) atoms. The van der Waals surface area contributed by atoms with E-state index in [1.807, 2.05) is 12.1 Å². The Morgan fingerprint density at radius 2 is 1.86 bits per heavy atom. The van der Waals surface area contributed by atoms with Crippen LogP contribution in [0.25, 0.3) is 0 Å². The van der Waals surface area contributed by atoms with Crippen molar-refractivity contribution >= 4 is 5.91 Å². The quantitative estimate of drug-likeness (QED) is 0.651. The van der Waals surface area contributed by atoms with Gasteiger partial charge in [0.05, 0.1) is 6.61 Å². The van der Waals surface area contributed by atoms with Crippen LogP contribution in [-0.2, 0) is 4.79 Å². The van der Waals surface area contributed by atoms with Crippen molar-refractivity contribution in [3.8, 4) is 5.75 Å². The zero-order chi connectivity index (χ0) is 15.7. The highest BCUT2D eigenvalue weighted by Gasteiger charge is 2.05. The third-order valence-electron chi connectivity index (χ3n) is 3.26. The molecule has 4 heteroatoms. The Labute approximate surface area is 128 Å². The molecule has 1 aromatic carbocycles. The summed E-state index contributed by atoms with van der Waals surface area (Å²) >= 11 is 0. The minimum absolute atomic E-state index is 0.222. The van der Waals surface area contributed by atoms with Gasteiger partial charge in [-0.15, -0.1) is 0 Å². The van der Waals surface area contributed by atoms with Crippen molar-refractivity contribution in [1.29, 1.82) is 0 Å². The lowest BCUT2D eigenvalue weighted by Crippen LogP contribution is -2.20. The minimum atomic E-state index is -0.222. The Morgan fingerprint density at radius 1 is 1.19 bits per heavy atom. The van der Waals surface area contributed by atoms with E-state index in [2.05, 4.69) is 38.2 Å². The maximum Gasteiger partial charge on any atom is 0.217 e. The largest absolute Gasteiger partial charge is 0.493 e. The fourth-order valence-corrected chi connectivity index (χ4v) is 1.98. The summed E-state index contributed by atoms with van der Waals surface area (Å²) in [7, 11) is 0. The molecule has 0 aliphatic heterocycles. The first-order chi connectivity index (χ1) is 9.99. The van der Waals surface area contributed by atoms with E-state index in [0.717, 1.165) is 31.7 Å².